The van der Waals surface area contributed by atoms with Crippen molar-refractivity contribution in [3.63, 3.8) is 0 Å². The van der Waals surface area contributed by atoms with Crippen LogP contribution >= 0.6 is 0 Å². The van der Waals surface area contributed by atoms with E-state index in [1.807, 2.05) is 24.3 Å². The molecule has 0 saturated carbocycles. The zero-order valence-corrected chi connectivity index (χ0v) is 8.91. The van der Waals surface area contributed by atoms with Crippen molar-refractivity contribution < 1.29 is 13.0 Å². The zero-order valence-electron chi connectivity index (χ0n) is 8.09. The maximum Gasteiger partial charge on any atom is 0.298 e. The van der Waals surface area contributed by atoms with Crippen LogP contribution in [-0.2, 0) is 21.2 Å². The molecular weight excluding hydrogens is 214 g/mol. The van der Waals surface area contributed by atoms with Gasteiger partial charge >= 0.3 is 0 Å². The minimum atomic E-state index is -4.16. The van der Waals surface area contributed by atoms with Gasteiger partial charge in [-0.3, -0.25) is 0 Å². The Labute approximate surface area is 89.2 Å². The lowest BCUT2D eigenvalue weighted by atomic mass is 10.1. The van der Waals surface area contributed by atoms with Gasteiger partial charge in [0.05, 0.1) is 5.75 Å². The highest BCUT2D eigenvalue weighted by molar-refractivity contribution is 7.85. The minimum absolute atomic E-state index is 0.471. The summed E-state index contributed by atoms with van der Waals surface area (Å²) in [5, 5.41) is 0. The lowest BCUT2D eigenvalue weighted by molar-refractivity contribution is 0.417. The molecule has 0 heterocycles. The SMILES string of the molecule is NCc1ccc(C=CCS([O])(=O)=O)cc1. The second-order valence-corrected chi connectivity index (χ2v) is 4.52. The maximum absolute atomic E-state index is 10.3. The van der Waals surface area contributed by atoms with E-state index < -0.39 is 15.9 Å². The van der Waals surface area contributed by atoms with Gasteiger partial charge in [0.1, 0.15) is 0 Å². The molecule has 0 spiro atoms. The fraction of sp³-hybridized carbons (Fsp3) is 0.200. The first kappa shape index (κ1) is 11.9. The molecular formula is C10H12NO3S. The number of benzene rings is 1. The van der Waals surface area contributed by atoms with Crippen molar-refractivity contribution in [1.82, 2.24) is 0 Å². The van der Waals surface area contributed by atoms with Crippen LogP contribution in [0.15, 0.2) is 30.3 Å². The highest BCUT2D eigenvalue weighted by atomic mass is 32.2. The van der Waals surface area contributed by atoms with Crippen LogP contribution in [0, 0.1) is 0 Å². The van der Waals surface area contributed by atoms with Gasteiger partial charge in [-0.25, -0.2) is 0 Å². The molecule has 1 rings (SSSR count). The van der Waals surface area contributed by atoms with Crippen molar-refractivity contribution in [3.8, 4) is 0 Å². The molecule has 5 heteroatoms. The summed E-state index contributed by atoms with van der Waals surface area (Å²) < 4.78 is 30.9. The average Bonchev–Trinajstić information content (AvgIpc) is 2.17. The molecule has 0 unspecified atom stereocenters. The first-order chi connectivity index (χ1) is 7.01. The van der Waals surface area contributed by atoms with Crippen molar-refractivity contribution >= 4 is 16.2 Å². The summed E-state index contributed by atoms with van der Waals surface area (Å²) in [5.41, 5.74) is 7.27. The summed E-state index contributed by atoms with van der Waals surface area (Å²) in [4.78, 5) is 0. The lowest BCUT2D eigenvalue weighted by Crippen LogP contribution is -1.98. The van der Waals surface area contributed by atoms with Crippen LogP contribution in [0.2, 0.25) is 0 Å². The second-order valence-electron chi connectivity index (χ2n) is 3.07. The summed E-state index contributed by atoms with van der Waals surface area (Å²) in [6, 6.07) is 7.34. The Balaban J connectivity index is 2.65. The third-order valence-electron chi connectivity index (χ3n) is 1.83. The van der Waals surface area contributed by atoms with E-state index in [-0.39, 0.29) is 0 Å². The number of hydrogen-bond donors (Lipinski definition) is 1. The second kappa shape index (κ2) is 5.06. The molecule has 4 nitrogen and oxygen atoms in total. The van der Waals surface area contributed by atoms with Crippen molar-refractivity contribution in [2.24, 2.45) is 5.73 Å². The van der Waals surface area contributed by atoms with Crippen molar-refractivity contribution in [2.75, 3.05) is 5.75 Å². The topological polar surface area (TPSA) is 80.1 Å². The average molecular weight is 226 g/mol. The van der Waals surface area contributed by atoms with Crippen LogP contribution in [0.5, 0.6) is 0 Å². The van der Waals surface area contributed by atoms with Crippen LogP contribution in [0.4, 0.5) is 0 Å². The van der Waals surface area contributed by atoms with E-state index in [0.717, 1.165) is 11.1 Å². The Morgan fingerprint density at radius 1 is 1.20 bits per heavy atom. The van der Waals surface area contributed by atoms with Crippen LogP contribution in [-0.4, -0.2) is 14.2 Å². The van der Waals surface area contributed by atoms with E-state index in [9.17, 15) is 13.0 Å². The predicted molar refractivity (Wildman–Crippen MR) is 57.8 cm³/mol. The Morgan fingerprint density at radius 3 is 2.27 bits per heavy atom. The molecule has 0 aliphatic rings. The number of rotatable bonds is 4. The molecule has 15 heavy (non-hydrogen) atoms. The molecule has 0 bridgehead atoms. The molecule has 0 aliphatic carbocycles. The third kappa shape index (κ3) is 4.73. The normalized spacial score (nSPS) is 12.1. The van der Waals surface area contributed by atoms with E-state index in [1.54, 1.807) is 6.08 Å². The van der Waals surface area contributed by atoms with Crippen LogP contribution < -0.4 is 5.73 Å². The van der Waals surface area contributed by atoms with E-state index >= 15 is 0 Å². The van der Waals surface area contributed by atoms with Crippen LogP contribution in [0.25, 0.3) is 6.08 Å². The third-order valence-corrected chi connectivity index (χ3v) is 2.43. The van der Waals surface area contributed by atoms with Crippen molar-refractivity contribution in [3.05, 3.63) is 41.5 Å². The van der Waals surface area contributed by atoms with Gasteiger partial charge in [0.25, 0.3) is 10.1 Å². The Kier molecular flexibility index (Phi) is 4.02. The molecule has 0 atom stereocenters. The predicted octanol–water partition coefficient (Wildman–Crippen LogP) is 0.919. The van der Waals surface area contributed by atoms with E-state index in [4.69, 9.17) is 5.73 Å². The van der Waals surface area contributed by atoms with Gasteiger partial charge in [0.15, 0.2) is 0 Å². The van der Waals surface area contributed by atoms with Gasteiger partial charge in [-0.2, -0.15) is 8.42 Å². The summed E-state index contributed by atoms with van der Waals surface area (Å²) in [6.45, 7) is 0.471. The summed E-state index contributed by atoms with van der Waals surface area (Å²) in [5.74, 6) is -0.481. The molecule has 81 valence electrons. The van der Waals surface area contributed by atoms with Gasteiger partial charge in [-0.15, -0.1) is 0 Å². The van der Waals surface area contributed by atoms with Crippen molar-refractivity contribution in [2.45, 2.75) is 6.54 Å². The summed E-state index contributed by atoms with van der Waals surface area (Å²) >= 11 is 0. The van der Waals surface area contributed by atoms with Gasteiger partial charge in [0.2, 0.25) is 0 Å². The molecule has 0 fully saturated rings. The van der Waals surface area contributed by atoms with Gasteiger partial charge in [-0.1, -0.05) is 41.0 Å². The zero-order chi connectivity index (χ0) is 11.3. The Morgan fingerprint density at radius 2 is 1.80 bits per heavy atom. The van der Waals surface area contributed by atoms with Gasteiger partial charge in [-0.05, 0) is 11.1 Å². The molecule has 0 aliphatic heterocycles. The first-order valence-corrected chi connectivity index (χ1v) is 5.98. The standard InChI is InChI=1S/C10H12NO3S/c11-8-10-5-3-9(4-6-10)2-1-7-15(12,13)14/h1-6H,7-8,11H2. The molecule has 1 aromatic rings. The highest BCUT2D eigenvalue weighted by Crippen LogP contribution is 2.05. The molecule has 0 amide bonds. The summed E-state index contributed by atoms with van der Waals surface area (Å²) in [6.07, 6.45) is 2.93. The molecule has 0 saturated heterocycles. The molecule has 1 radical (unpaired) electrons. The van der Waals surface area contributed by atoms with Crippen molar-refractivity contribution in [1.29, 1.82) is 0 Å². The summed E-state index contributed by atoms with van der Waals surface area (Å²) in [7, 11) is -4.16. The lowest BCUT2D eigenvalue weighted by Gasteiger charge is -1.96. The van der Waals surface area contributed by atoms with Gasteiger partial charge < -0.3 is 5.73 Å². The molecule has 1 aromatic carbocycles. The highest BCUT2D eigenvalue weighted by Gasteiger charge is 2.01. The van der Waals surface area contributed by atoms with Gasteiger partial charge in [0, 0.05) is 6.54 Å². The smallest absolute Gasteiger partial charge is 0.298 e. The monoisotopic (exact) mass is 226 g/mol. The number of hydrogen-bond acceptors (Lipinski definition) is 3. The molecule has 2 N–H and O–H groups in total. The quantitative estimate of drug-likeness (QED) is 0.828. The number of nitrogens with two attached hydrogens (primary N) is 1. The molecule has 0 aromatic heterocycles. The van der Waals surface area contributed by atoms with Crippen LogP contribution in [0.3, 0.4) is 0 Å². The fourth-order valence-corrected chi connectivity index (χ4v) is 1.40. The van der Waals surface area contributed by atoms with Crippen LogP contribution in [0.1, 0.15) is 11.1 Å². The minimum Gasteiger partial charge on any atom is -0.326 e. The maximum atomic E-state index is 10.3. The Bertz CT molecular complexity index is 434. The fourth-order valence-electron chi connectivity index (χ4n) is 1.07. The van der Waals surface area contributed by atoms with E-state index in [0.29, 0.717) is 6.54 Å². The van der Waals surface area contributed by atoms with E-state index in [2.05, 4.69) is 0 Å². The van der Waals surface area contributed by atoms with E-state index in [1.165, 1.54) is 6.08 Å². The first-order valence-electron chi connectivity index (χ1n) is 4.40. The largest absolute Gasteiger partial charge is 0.326 e. The Hall–Kier alpha value is -1.17.